The van der Waals surface area contributed by atoms with Crippen LogP contribution in [-0.2, 0) is 10.4 Å². The van der Waals surface area contributed by atoms with Gasteiger partial charge in [-0.15, -0.1) is 0 Å². The number of urea groups is 1. The number of hydrogen-bond donors (Lipinski definition) is 3. The molecule has 2 saturated heterocycles. The van der Waals surface area contributed by atoms with Crippen LogP contribution in [-0.4, -0.2) is 36.7 Å². The lowest BCUT2D eigenvalue weighted by Crippen LogP contribution is -2.49. The number of nitrogens with one attached hydrogen (secondary N) is 2. The third-order valence-electron chi connectivity index (χ3n) is 4.20. The molecular weight excluding hydrogens is 270 g/mol. The van der Waals surface area contributed by atoms with Gasteiger partial charge in [-0.25, -0.2) is 4.79 Å². The highest BCUT2D eigenvalue weighted by molar-refractivity contribution is 6.05. The van der Waals surface area contributed by atoms with Gasteiger partial charge in [-0.05, 0) is 43.6 Å². The molecule has 3 N–H and O–H groups in total. The number of piperidine rings is 1. The summed E-state index contributed by atoms with van der Waals surface area (Å²) in [5.41, 5.74) is 0.826. The fraction of sp³-hybridized carbons (Fsp3) is 0.467. The van der Waals surface area contributed by atoms with Gasteiger partial charge in [0.05, 0.1) is 5.60 Å². The predicted octanol–water partition coefficient (Wildman–Crippen LogP) is 0.704. The Kier molecular flexibility index (Phi) is 3.65. The molecule has 21 heavy (non-hydrogen) atoms. The maximum atomic E-state index is 11.8. The molecule has 0 aromatic heterocycles. The van der Waals surface area contributed by atoms with E-state index in [4.69, 9.17) is 0 Å². The summed E-state index contributed by atoms with van der Waals surface area (Å²) in [6.45, 7) is 1.99. The fourth-order valence-corrected chi connectivity index (χ4v) is 2.89. The Morgan fingerprint density at radius 2 is 1.76 bits per heavy atom. The molecule has 6 heteroatoms. The van der Waals surface area contributed by atoms with Gasteiger partial charge in [-0.2, -0.15) is 0 Å². The summed E-state index contributed by atoms with van der Waals surface area (Å²) in [4.78, 5) is 24.5. The molecule has 0 radical (unpaired) electrons. The van der Waals surface area contributed by atoms with E-state index < -0.39 is 5.60 Å². The first kappa shape index (κ1) is 14.0. The predicted molar refractivity (Wildman–Crippen MR) is 77.9 cm³/mol. The zero-order valence-electron chi connectivity index (χ0n) is 11.8. The van der Waals surface area contributed by atoms with Crippen LogP contribution in [0.5, 0.6) is 0 Å². The topological polar surface area (TPSA) is 81.7 Å². The van der Waals surface area contributed by atoms with Crippen LogP contribution in [0.2, 0.25) is 0 Å². The van der Waals surface area contributed by atoms with E-state index in [-0.39, 0.29) is 11.9 Å². The smallest absolute Gasteiger partial charge is 0.328 e. The maximum Gasteiger partial charge on any atom is 0.328 e. The van der Waals surface area contributed by atoms with Gasteiger partial charge in [0.1, 0.15) is 0 Å². The summed E-state index contributed by atoms with van der Waals surface area (Å²) in [7, 11) is 0. The molecule has 3 rings (SSSR count). The number of amides is 3. The Hall–Kier alpha value is -1.92. The Balaban J connectivity index is 1.78. The average Bonchev–Trinajstić information content (AvgIpc) is 2.48. The summed E-state index contributed by atoms with van der Waals surface area (Å²) in [6.07, 6.45) is 1.68. The van der Waals surface area contributed by atoms with E-state index in [2.05, 4.69) is 10.6 Å². The second-order valence-corrected chi connectivity index (χ2v) is 5.58. The van der Waals surface area contributed by atoms with Gasteiger partial charge in [0, 0.05) is 18.7 Å². The SMILES string of the molecule is O=C1CCN(c2ccc(C3(O)CCNCC3)cc2)C(=O)N1. The summed E-state index contributed by atoms with van der Waals surface area (Å²) < 4.78 is 0. The van der Waals surface area contributed by atoms with Crippen LogP contribution in [0.1, 0.15) is 24.8 Å². The second-order valence-electron chi connectivity index (χ2n) is 5.58. The van der Waals surface area contributed by atoms with Gasteiger partial charge >= 0.3 is 6.03 Å². The molecule has 1 aromatic rings. The molecule has 0 saturated carbocycles. The average molecular weight is 289 g/mol. The van der Waals surface area contributed by atoms with Crippen molar-refractivity contribution in [3.63, 3.8) is 0 Å². The van der Waals surface area contributed by atoms with Crippen molar-refractivity contribution in [3.05, 3.63) is 29.8 Å². The van der Waals surface area contributed by atoms with Gasteiger partial charge in [0.25, 0.3) is 0 Å². The molecule has 2 aliphatic heterocycles. The zero-order chi connectivity index (χ0) is 14.9. The third-order valence-corrected chi connectivity index (χ3v) is 4.20. The molecule has 2 aliphatic rings. The van der Waals surface area contributed by atoms with Gasteiger partial charge in [-0.3, -0.25) is 15.0 Å². The molecule has 3 amide bonds. The summed E-state index contributed by atoms with van der Waals surface area (Å²) in [5.74, 6) is -0.239. The number of nitrogens with zero attached hydrogens (tertiary/aromatic N) is 1. The van der Waals surface area contributed by atoms with Crippen molar-refractivity contribution >= 4 is 17.6 Å². The van der Waals surface area contributed by atoms with Crippen LogP contribution in [0.25, 0.3) is 0 Å². The Labute approximate surface area is 123 Å². The second kappa shape index (κ2) is 5.46. The minimum atomic E-state index is -0.788. The van der Waals surface area contributed by atoms with E-state index in [1.54, 1.807) is 0 Å². The van der Waals surface area contributed by atoms with Crippen molar-refractivity contribution in [1.82, 2.24) is 10.6 Å². The first-order valence-corrected chi connectivity index (χ1v) is 7.23. The number of carbonyl (C=O) groups excluding carboxylic acids is 2. The van der Waals surface area contributed by atoms with Crippen molar-refractivity contribution in [2.75, 3.05) is 24.5 Å². The van der Waals surface area contributed by atoms with Crippen LogP contribution in [0.15, 0.2) is 24.3 Å². The zero-order valence-corrected chi connectivity index (χ0v) is 11.8. The molecule has 0 aliphatic carbocycles. The van der Waals surface area contributed by atoms with Gasteiger partial charge < -0.3 is 10.4 Å². The number of imide groups is 1. The first-order valence-electron chi connectivity index (χ1n) is 7.23. The maximum absolute atomic E-state index is 11.8. The van der Waals surface area contributed by atoms with E-state index in [1.165, 1.54) is 4.90 Å². The van der Waals surface area contributed by atoms with Crippen LogP contribution in [0.3, 0.4) is 0 Å². The van der Waals surface area contributed by atoms with Crippen molar-refractivity contribution in [2.24, 2.45) is 0 Å². The number of hydrogen-bond acceptors (Lipinski definition) is 4. The normalized spacial score (nSPS) is 22.0. The quantitative estimate of drug-likeness (QED) is 0.749. The Bertz CT molecular complexity index is 550. The lowest BCUT2D eigenvalue weighted by atomic mass is 9.85. The van der Waals surface area contributed by atoms with Crippen molar-refractivity contribution in [3.8, 4) is 0 Å². The van der Waals surface area contributed by atoms with E-state index in [9.17, 15) is 14.7 Å². The monoisotopic (exact) mass is 289 g/mol. The lowest BCUT2D eigenvalue weighted by Gasteiger charge is -2.33. The molecule has 0 unspecified atom stereocenters. The summed E-state index contributed by atoms with van der Waals surface area (Å²) >= 11 is 0. The summed E-state index contributed by atoms with van der Waals surface area (Å²) in [5, 5.41) is 16.2. The number of carbonyl (C=O) groups is 2. The lowest BCUT2D eigenvalue weighted by molar-refractivity contribution is -0.120. The molecule has 0 atom stereocenters. The largest absolute Gasteiger partial charge is 0.385 e. The molecule has 0 spiro atoms. The van der Waals surface area contributed by atoms with Crippen LogP contribution < -0.4 is 15.5 Å². The fourth-order valence-electron chi connectivity index (χ4n) is 2.89. The number of benzene rings is 1. The van der Waals surface area contributed by atoms with Crippen LogP contribution in [0, 0.1) is 0 Å². The Morgan fingerprint density at radius 3 is 2.38 bits per heavy atom. The molecule has 6 nitrogen and oxygen atoms in total. The minimum absolute atomic E-state index is 0.239. The van der Waals surface area contributed by atoms with E-state index >= 15 is 0 Å². The molecular formula is C15H19N3O3. The van der Waals surface area contributed by atoms with Crippen molar-refractivity contribution < 1.29 is 14.7 Å². The number of rotatable bonds is 2. The van der Waals surface area contributed by atoms with E-state index in [1.807, 2.05) is 24.3 Å². The molecule has 112 valence electrons. The van der Waals surface area contributed by atoms with Crippen LogP contribution in [0.4, 0.5) is 10.5 Å². The molecule has 0 bridgehead atoms. The van der Waals surface area contributed by atoms with E-state index in [0.29, 0.717) is 25.8 Å². The minimum Gasteiger partial charge on any atom is -0.385 e. The highest BCUT2D eigenvalue weighted by atomic mass is 16.3. The highest BCUT2D eigenvalue weighted by Crippen LogP contribution is 2.31. The van der Waals surface area contributed by atoms with Crippen LogP contribution >= 0.6 is 0 Å². The van der Waals surface area contributed by atoms with Gasteiger partial charge in [-0.1, -0.05) is 12.1 Å². The Morgan fingerprint density at radius 1 is 1.10 bits per heavy atom. The molecule has 2 heterocycles. The van der Waals surface area contributed by atoms with Crippen molar-refractivity contribution in [2.45, 2.75) is 24.9 Å². The van der Waals surface area contributed by atoms with Gasteiger partial charge in [0.2, 0.25) is 5.91 Å². The first-order chi connectivity index (χ1) is 10.1. The van der Waals surface area contributed by atoms with Crippen molar-refractivity contribution in [1.29, 1.82) is 0 Å². The highest BCUT2D eigenvalue weighted by Gasteiger charge is 2.31. The number of aliphatic hydroxyl groups is 1. The standard InChI is InChI=1S/C15H19N3O3/c19-13-5-10-18(14(20)17-13)12-3-1-11(2-4-12)15(21)6-8-16-9-7-15/h1-4,16,21H,5-10H2,(H,17,19,20). The summed E-state index contributed by atoms with van der Waals surface area (Å²) in [6, 6.07) is 6.99. The van der Waals surface area contributed by atoms with E-state index in [0.717, 1.165) is 24.3 Å². The van der Waals surface area contributed by atoms with Gasteiger partial charge in [0.15, 0.2) is 0 Å². The third kappa shape index (κ3) is 2.77. The molecule has 1 aromatic carbocycles. The number of anilines is 1. The molecule has 2 fully saturated rings.